The fourth-order valence-electron chi connectivity index (χ4n) is 2.16. The van der Waals surface area contributed by atoms with Crippen molar-refractivity contribution in [3.05, 3.63) is 78.1 Å². The number of hydrogen-bond donors (Lipinski definition) is 2. The van der Waals surface area contributed by atoms with Crippen LogP contribution in [0.3, 0.4) is 0 Å². The molecule has 7 nitrogen and oxygen atoms in total. The van der Waals surface area contributed by atoms with Gasteiger partial charge in [-0.2, -0.15) is 5.10 Å². The number of aromatic carboxylic acids is 1. The molecular weight excluding hydrogens is 322 g/mol. The van der Waals surface area contributed by atoms with E-state index in [0.29, 0.717) is 11.4 Å². The van der Waals surface area contributed by atoms with Crippen LogP contribution in [0.15, 0.2) is 66.9 Å². The van der Waals surface area contributed by atoms with Crippen LogP contribution in [0.25, 0.3) is 5.69 Å². The van der Waals surface area contributed by atoms with Gasteiger partial charge in [-0.3, -0.25) is 5.32 Å². The van der Waals surface area contributed by atoms with E-state index in [4.69, 9.17) is 9.84 Å². The van der Waals surface area contributed by atoms with Crippen LogP contribution < -0.4 is 5.32 Å². The molecule has 2 N–H and O–H groups in total. The first-order chi connectivity index (χ1) is 12.1. The number of ether oxygens (including phenoxy) is 1. The first-order valence-electron chi connectivity index (χ1n) is 7.49. The fraction of sp³-hybridized carbons (Fsp3) is 0.0556. The molecule has 3 rings (SSSR count). The van der Waals surface area contributed by atoms with E-state index in [0.717, 1.165) is 5.56 Å². The Morgan fingerprint density at radius 3 is 2.40 bits per heavy atom. The maximum Gasteiger partial charge on any atom is 0.411 e. The Hall–Kier alpha value is -3.61. The first kappa shape index (κ1) is 16.3. The minimum absolute atomic E-state index is 0.0355. The smallest absolute Gasteiger partial charge is 0.411 e. The number of carboxylic acid groups (broad SMARTS) is 1. The highest BCUT2D eigenvalue weighted by Crippen LogP contribution is 2.14. The second kappa shape index (κ2) is 7.31. The van der Waals surface area contributed by atoms with E-state index in [1.807, 2.05) is 30.3 Å². The molecule has 0 aliphatic carbocycles. The molecule has 0 spiro atoms. The fourth-order valence-corrected chi connectivity index (χ4v) is 2.16. The predicted molar refractivity (Wildman–Crippen MR) is 90.8 cm³/mol. The number of carboxylic acids is 1. The van der Waals surface area contributed by atoms with E-state index in [1.54, 1.807) is 30.5 Å². The quantitative estimate of drug-likeness (QED) is 0.745. The van der Waals surface area contributed by atoms with Gasteiger partial charge in [0.1, 0.15) is 6.61 Å². The number of nitrogens with one attached hydrogen (secondary N) is 1. The minimum atomic E-state index is -1.09. The Labute approximate surface area is 143 Å². The van der Waals surface area contributed by atoms with Crippen molar-refractivity contribution in [3.63, 3.8) is 0 Å². The number of carbonyl (C=O) groups excluding carboxylic acids is 1. The second-order valence-corrected chi connectivity index (χ2v) is 5.18. The van der Waals surface area contributed by atoms with Crippen molar-refractivity contribution in [2.75, 3.05) is 5.32 Å². The minimum Gasteiger partial charge on any atom is -0.476 e. The molecule has 0 unspecified atom stereocenters. The second-order valence-electron chi connectivity index (χ2n) is 5.18. The van der Waals surface area contributed by atoms with Crippen molar-refractivity contribution >= 4 is 17.7 Å². The number of nitrogens with zero attached hydrogens (tertiary/aromatic N) is 2. The van der Waals surface area contributed by atoms with E-state index >= 15 is 0 Å². The van der Waals surface area contributed by atoms with Crippen molar-refractivity contribution in [2.45, 2.75) is 6.61 Å². The van der Waals surface area contributed by atoms with Gasteiger partial charge in [0.15, 0.2) is 5.69 Å². The molecule has 3 aromatic rings. The molecule has 0 saturated carbocycles. The SMILES string of the molecule is O=C(Nc1ccc(-n2ccc(C(=O)O)n2)cc1)OCc1ccccc1. The van der Waals surface area contributed by atoms with Crippen LogP contribution in [-0.2, 0) is 11.3 Å². The third kappa shape index (κ3) is 4.23. The summed E-state index contributed by atoms with van der Waals surface area (Å²) in [6.07, 6.45) is 1.00. The lowest BCUT2D eigenvalue weighted by Gasteiger charge is -2.08. The standard InChI is InChI=1S/C18H15N3O4/c22-17(23)16-10-11-21(20-16)15-8-6-14(7-9-15)19-18(24)25-12-13-4-2-1-3-5-13/h1-11H,12H2,(H,19,24)(H,22,23). The molecule has 0 atom stereocenters. The zero-order chi connectivity index (χ0) is 17.6. The Morgan fingerprint density at radius 1 is 1.04 bits per heavy atom. The number of rotatable bonds is 5. The molecule has 126 valence electrons. The third-order valence-corrected chi connectivity index (χ3v) is 3.40. The summed E-state index contributed by atoms with van der Waals surface area (Å²) in [5.41, 5.74) is 2.11. The van der Waals surface area contributed by atoms with Gasteiger partial charge in [-0.1, -0.05) is 30.3 Å². The Kier molecular flexibility index (Phi) is 4.75. The summed E-state index contributed by atoms with van der Waals surface area (Å²) in [4.78, 5) is 22.7. The van der Waals surface area contributed by atoms with Gasteiger partial charge in [0, 0.05) is 11.9 Å². The molecule has 7 heteroatoms. The van der Waals surface area contributed by atoms with Crippen LogP contribution in [0.5, 0.6) is 0 Å². The average Bonchev–Trinajstić information content (AvgIpc) is 3.12. The van der Waals surface area contributed by atoms with Crippen LogP contribution in [0.4, 0.5) is 10.5 Å². The summed E-state index contributed by atoms with van der Waals surface area (Å²) in [5.74, 6) is -1.09. The Morgan fingerprint density at radius 2 is 1.76 bits per heavy atom. The molecule has 0 bridgehead atoms. The molecule has 25 heavy (non-hydrogen) atoms. The zero-order valence-corrected chi connectivity index (χ0v) is 13.1. The zero-order valence-electron chi connectivity index (χ0n) is 13.1. The van der Waals surface area contributed by atoms with Gasteiger partial charge in [-0.15, -0.1) is 0 Å². The van der Waals surface area contributed by atoms with Gasteiger partial charge < -0.3 is 9.84 Å². The van der Waals surface area contributed by atoms with Crippen LogP contribution in [-0.4, -0.2) is 26.9 Å². The summed E-state index contributed by atoms with van der Waals surface area (Å²) in [6, 6.07) is 17.6. The lowest BCUT2D eigenvalue weighted by Crippen LogP contribution is -2.13. The van der Waals surface area contributed by atoms with Crippen molar-refractivity contribution < 1.29 is 19.4 Å². The summed E-state index contributed by atoms with van der Waals surface area (Å²) in [6.45, 7) is 0.190. The maximum absolute atomic E-state index is 11.8. The number of anilines is 1. The number of hydrogen-bond acceptors (Lipinski definition) is 4. The predicted octanol–water partition coefficient (Wildman–Crippen LogP) is 3.32. The average molecular weight is 337 g/mol. The van der Waals surface area contributed by atoms with E-state index in [9.17, 15) is 9.59 Å². The first-order valence-corrected chi connectivity index (χ1v) is 7.49. The van der Waals surface area contributed by atoms with Crippen molar-refractivity contribution in [3.8, 4) is 5.69 Å². The number of aromatic nitrogens is 2. The summed E-state index contributed by atoms with van der Waals surface area (Å²) in [5, 5.41) is 15.5. The molecule has 0 fully saturated rings. The molecular formula is C18H15N3O4. The largest absolute Gasteiger partial charge is 0.476 e. The van der Waals surface area contributed by atoms with Gasteiger partial charge >= 0.3 is 12.1 Å². The molecule has 0 radical (unpaired) electrons. The topological polar surface area (TPSA) is 93.5 Å². The van der Waals surface area contributed by atoms with E-state index in [2.05, 4.69) is 10.4 Å². The van der Waals surface area contributed by atoms with Crippen LogP contribution in [0.1, 0.15) is 16.1 Å². The van der Waals surface area contributed by atoms with Gasteiger partial charge in [0.05, 0.1) is 5.69 Å². The Bertz CT molecular complexity index is 873. The normalized spacial score (nSPS) is 10.2. The van der Waals surface area contributed by atoms with Crippen LogP contribution in [0, 0.1) is 0 Å². The monoisotopic (exact) mass is 337 g/mol. The highest BCUT2D eigenvalue weighted by molar-refractivity contribution is 5.85. The van der Waals surface area contributed by atoms with E-state index in [-0.39, 0.29) is 12.3 Å². The molecule has 0 aliphatic heterocycles. The lowest BCUT2D eigenvalue weighted by molar-refractivity contribution is 0.0690. The number of benzene rings is 2. The van der Waals surface area contributed by atoms with Crippen LogP contribution >= 0.6 is 0 Å². The van der Waals surface area contributed by atoms with Gasteiger partial charge in [-0.25, -0.2) is 14.3 Å². The third-order valence-electron chi connectivity index (χ3n) is 3.40. The molecule has 1 amide bonds. The van der Waals surface area contributed by atoms with Crippen LogP contribution in [0.2, 0.25) is 0 Å². The highest BCUT2D eigenvalue weighted by Gasteiger charge is 2.08. The van der Waals surface area contributed by atoms with Crippen molar-refractivity contribution in [1.82, 2.24) is 9.78 Å². The summed E-state index contributed by atoms with van der Waals surface area (Å²) < 4.78 is 6.59. The molecule has 1 heterocycles. The maximum atomic E-state index is 11.8. The number of amides is 1. The van der Waals surface area contributed by atoms with Gasteiger partial charge in [0.2, 0.25) is 0 Å². The molecule has 0 saturated heterocycles. The molecule has 1 aromatic heterocycles. The number of carbonyl (C=O) groups is 2. The summed E-state index contributed by atoms with van der Waals surface area (Å²) >= 11 is 0. The van der Waals surface area contributed by atoms with Gasteiger partial charge in [0.25, 0.3) is 0 Å². The highest BCUT2D eigenvalue weighted by atomic mass is 16.5. The Balaban J connectivity index is 1.58. The van der Waals surface area contributed by atoms with Crippen molar-refractivity contribution in [1.29, 1.82) is 0 Å². The van der Waals surface area contributed by atoms with E-state index < -0.39 is 12.1 Å². The van der Waals surface area contributed by atoms with E-state index in [1.165, 1.54) is 10.7 Å². The van der Waals surface area contributed by atoms with Gasteiger partial charge in [-0.05, 0) is 35.9 Å². The lowest BCUT2D eigenvalue weighted by atomic mass is 10.2. The van der Waals surface area contributed by atoms with Crippen molar-refractivity contribution in [2.24, 2.45) is 0 Å². The molecule has 2 aromatic carbocycles. The molecule has 0 aliphatic rings. The summed E-state index contributed by atoms with van der Waals surface area (Å²) in [7, 11) is 0.